The number of halogens is 1. The number of nitrogens with one attached hydrogen (secondary N) is 1. The van der Waals surface area contributed by atoms with Crippen LogP contribution in [0.15, 0.2) is 29.1 Å². The number of hydrogen-bond donors (Lipinski definition) is 2. The molecular weight excluding hydrogens is 292 g/mol. The van der Waals surface area contributed by atoms with Crippen LogP contribution in [0.1, 0.15) is 24.5 Å². The van der Waals surface area contributed by atoms with Crippen LogP contribution in [0.5, 0.6) is 0 Å². The number of rotatable bonds is 5. The summed E-state index contributed by atoms with van der Waals surface area (Å²) >= 11 is 6.28. The summed E-state index contributed by atoms with van der Waals surface area (Å²) in [5.74, 6) is 0.508. The number of para-hydroxylation sites is 1. The van der Waals surface area contributed by atoms with Crippen LogP contribution in [0, 0.1) is 0 Å². The van der Waals surface area contributed by atoms with E-state index in [1.807, 2.05) is 13.0 Å². The van der Waals surface area contributed by atoms with Gasteiger partial charge in [-0.3, -0.25) is 9.36 Å². The largest absolute Gasteiger partial charge is 0.352 e. The Morgan fingerprint density at radius 1 is 1.48 bits per heavy atom. The first-order valence-electron chi connectivity index (χ1n) is 6.71. The molecule has 0 saturated heterocycles. The molecule has 0 aliphatic carbocycles. The normalized spacial score (nSPS) is 12.3. The molecule has 1 atom stereocenters. The van der Waals surface area contributed by atoms with Gasteiger partial charge in [-0.1, -0.05) is 19.1 Å². The molecule has 0 bridgehead atoms. The van der Waals surface area contributed by atoms with Crippen LogP contribution >= 0.6 is 11.6 Å². The number of primary amides is 1. The van der Waals surface area contributed by atoms with Crippen molar-refractivity contribution in [3.8, 4) is 0 Å². The van der Waals surface area contributed by atoms with Crippen LogP contribution in [0.25, 0.3) is 10.9 Å². The summed E-state index contributed by atoms with van der Waals surface area (Å²) in [7, 11) is 0. The van der Waals surface area contributed by atoms with E-state index in [0.717, 1.165) is 0 Å². The first kappa shape index (κ1) is 15.3. The SMILES string of the molecule is CCC(Cl)c1nc2ccccc2c(=O)n1CCNC(N)=O. The third-order valence-electron chi connectivity index (χ3n) is 3.16. The zero-order valence-corrected chi connectivity index (χ0v) is 12.4. The van der Waals surface area contributed by atoms with Crippen LogP contribution < -0.4 is 16.6 Å². The zero-order chi connectivity index (χ0) is 15.4. The van der Waals surface area contributed by atoms with Gasteiger partial charge in [0.1, 0.15) is 5.82 Å². The van der Waals surface area contributed by atoms with Crippen LogP contribution in [0.2, 0.25) is 0 Å². The maximum Gasteiger partial charge on any atom is 0.312 e. The minimum atomic E-state index is -0.628. The highest BCUT2D eigenvalue weighted by Gasteiger charge is 2.16. The predicted molar refractivity (Wildman–Crippen MR) is 82.5 cm³/mol. The van der Waals surface area contributed by atoms with Gasteiger partial charge in [0.25, 0.3) is 5.56 Å². The lowest BCUT2D eigenvalue weighted by Crippen LogP contribution is -2.35. The Balaban J connectivity index is 2.50. The molecule has 1 unspecified atom stereocenters. The summed E-state index contributed by atoms with van der Waals surface area (Å²) < 4.78 is 1.50. The quantitative estimate of drug-likeness (QED) is 0.825. The van der Waals surface area contributed by atoms with E-state index in [4.69, 9.17) is 17.3 Å². The first-order valence-corrected chi connectivity index (χ1v) is 7.15. The van der Waals surface area contributed by atoms with E-state index in [1.54, 1.807) is 18.2 Å². The number of fused-ring (bicyclic) bond motifs is 1. The lowest BCUT2D eigenvalue weighted by molar-refractivity contribution is 0.248. The summed E-state index contributed by atoms with van der Waals surface area (Å²) in [6, 6.07) is 6.49. The van der Waals surface area contributed by atoms with Gasteiger partial charge >= 0.3 is 6.03 Å². The van der Waals surface area contributed by atoms with Crippen molar-refractivity contribution in [3.63, 3.8) is 0 Å². The number of aromatic nitrogens is 2. The van der Waals surface area contributed by atoms with Gasteiger partial charge in [0.2, 0.25) is 0 Å². The molecule has 0 radical (unpaired) electrons. The van der Waals surface area contributed by atoms with Crippen molar-refractivity contribution in [2.45, 2.75) is 25.3 Å². The molecule has 1 aromatic heterocycles. The van der Waals surface area contributed by atoms with Crippen molar-refractivity contribution >= 4 is 28.5 Å². The third-order valence-corrected chi connectivity index (χ3v) is 3.67. The molecule has 1 heterocycles. The summed E-state index contributed by atoms with van der Waals surface area (Å²) in [6.45, 7) is 2.44. The van der Waals surface area contributed by atoms with Gasteiger partial charge < -0.3 is 11.1 Å². The average Bonchev–Trinajstić information content (AvgIpc) is 2.48. The highest BCUT2D eigenvalue weighted by atomic mass is 35.5. The number of benzene rings is 1. The van der Waals surface area contributed by atoms with Gasteiger partial charge in [0.05, 0.1) is 16.3 Å². The smallest absolute Gasteiger partial charge is 0.312 e. The molecule has 21 heavy (non-hydrogen) atoms. The van der Waals surface area contributed by atoms with E-state index in [0.29, 0.717) is 23.1 Å². The Bertz CT molecular complexity index is 714. The van der Waals surface area contributed by atoms with Gasteiger partial charge in [0.15, 0.2) is 0 Å². The third kappa shape index (κ3) is 3.33. The molecule has 0 fully saturated rings. The Hall–Kier alpha value is -2.08. The Kier molecular flexibility index (Phi) is 4.80. The molecule has 2 aromatic rings. The fourth-order valence-electron chi connectivity index (χ4n) is 2.11. The Morgan fingerprint density at radius 2 is 2.19 bits per heavy atom. The van der Waals surface area contributed by atoms with E-state index in [2.05, 4.69) is 10.3 Å². The molecule has 112 valence electrons. The van der Waals surface area contributed by atoms with Crippen LogP contribution in [0.3, 0.4) is 0 Å². The highest BCUT2D eigenvalue weighted by Crippen LogP contribution is 2.22. The van der Waals surface area contributed by atoms with Gasteiger partial charge in [-0.25, -0.2) is 9.78 Å². The maximum absolute atomic E-state index is 12.6. The minimum Gasteiger partial charge on any atom is -0.352 e. The Labute approximate surface area is 126 Å². The molecular formula is C14H17ClN4O2. The highest BCUT2D eigenvalue weighted by molar-refractivity contribution is 6.20. The molecule has 3 N–H and O–H groups in total. The molecule has 6 nitrogen and oxygen atoms in total. The fraction of sp³-hybridized carbons (Fsp3) is 0.357. The molecule has 2 rings (SSSR count). The number of alkyl halides is 1. The number of nitrogens with zero attached hydrogens (tertiary/aromatic N) is 2. The van der Waals surface area contributed by atoms with E-state index >= 15 is 0 Å². The second-order valence-electron chi connectivity index (χ2n) is 4.61. The molecule has 7 heteroatoms. The summed E-state index contributed by atoms with van der Waals surface area (Å²) in [5.41, 5.74) is 5.49. The molecule has 1 aromatic carbocycles. The van der Waals surface area contributed by atoms with Crippen molar-refractivity contribution in [2.24, 2.45) is 5.73 Å². The number of hydrogen-bond acceptors (Lipinski definition) is 3. The van der Waals surface area contributed by atoms with E-state index < -0.39 is 6.03 Å². The van der Waals surface area contributed by atoms with Gasteiger partial charge in [-0.15, -0.1) is 11.6 Å². The van der Waals surface area contributed by atoms with Crippen molar-refractivity contribution in [2.75, 3.05) is 6.54 Å². The predicted octanol–water partition coefficient (Wildman–Crippen LogP) is 1.75. The van der Waals surface area contributed by atoms with Gasteiger partial charge in [-0.2, -0.15) is 0 Å². The summed E-state index contributed by atoms with van der Waals surface area (Å²) in [5, 5.41) is 2.62. The summed E-state index contributed by atoms with van der Waals surface area (Å²) in [6.07, 6.45) is 0.648. The topological polar surface area (TPSA) is 90.0 Å². The first-order chi connectivity index (χ1) is 10.0. The van der Waals surface area contributed by atoms with Crippen LogP contribution in [-0.2, 0) is 6.54 Å². The zero-order valence-electron chi connectivity index (χ0n) is 11.7. The maximum atomic E-state index is 12.6. The molecule has 2 amide bonds. The van der Waals surface area contributed by atoms with Gasteiger partial charge in [0, 0.05) is 13.1 Å². The number of carbonyl (C=O) groups excluding carboxylic acids is 1. The standard InChI is InChI=1S/C14H17ClN4O2/c1-2-10(15)12-18-11-6-4-3-5-9(11)13(20)19(12)8-7-17-14(16)21/h3-6,10H,2,7-8H2,1H3,(H3,16,17,21). The number of nitrogens with two attached hydrogens (primary N) is 1. The van der Waals surface area contributed by atoms with Crippen molar-refractivity contribution in [3.05, 3.63) is 40.4 Å². The van der Waals surface area contributed by atoms with Crippen molar-refractivity contribution in [1.29, 1.82) is 0 Å². The van der Waals surface area contributed by atoms with Crippen molar-refractivity contribution < 1.29 is 4.79 Å². The number of amides is 2. The van der Waals surface area contributed by atoms with Gasteiger partial charge in [-0.05, 0) is 18.6 Å². The van der Waals surface area contributed by atoms with E-state index in [-0.39, 0.29) is 24.0 Å². The second kappa shape index (κ2) is 6.58. The number of carbonyl (C=O) groups is 1. The number of urea groups is 1. The monoisotopic (exact) mass is 308 g/mol. The molecule has 0 aliphatic rings. The fourth-order valence-corrected chi connectivity index (χ4v) is 2.28. The van der Waals surface area contributed by atoms with Crippen molar-refractivity contribution in [1.82, 2.24) is 14.9 Å². The van der Waals surface area contributed by atoms with E-state index in [1.165, 1.54) is 4.57 Å². The molecule has 0 spiro atoms. The second-order valence-corrected chi connectivity index (χ2v) is 5.14. The molecule has 0 saturated carbocycles. The minimum absolute atomic E-state index is 0.166. The van der Waals surface area contributed by atoms with E-state index in [9.17, 15) is 9.59 Å². The average molecular weight is 309 g/mol. The lowest BCUT2D eigenvalue weighted by atomic mass is 10.2. The molecule has 0 aliphatic heterocycles. The lowest BCUT2D eigenvalue weighted by Gasteiger charge is -2.16. The summed E-state index contributed by atoms with van der Waals surface area (Å²) in [4.78, 5) is 27.8. The Morgan fingerprint density at radius 3 is 2.86 bits per heavy atom. The van der Waals surface area contributed by atoms with Crippen LogP contribution in [0.4, 0.5) is 4.79 Å². The van der Waals surface area contributed by atoms with Crippen LogP contribution in [-0.4, -0.2) is 22.1 Å².